The first-order chi connectivity index (χ1) is 14.0. The quantitative estimate of drug-likeness (QED) is 0.803. The van der Waals surface area contributed by atoms with Crippen LogP contribution in [0.5, 0.6) is 0 Å². The van der Waals surface area contributed by atoms with Crippen molar-refractivity contribution in [2.75, 3.05) is 23.3 Å². The second-order valence-electron chi connectivity index (χ2n) is 7.62. The van der Waals surface area contributed by atoms with Gasteiger partial charge in [0.05, 0.1) is 11.4 Å². The van der Waals surface area contributed by atoms with E-state index in [0.29, 0.717) is 36.4 Å². The predicted molar refractivity (Wildman–Crippen MR) is 107 cm³/mol. The number of rotatable bonds is 5. The Morgan fingerprint density at radius 2 is 1.76 bits per heavy atom. The smallest absolute Gasteiger partial charge is 0.324 e. The van der Waals surface area contributed by atoms with E-state index in [4.69, 9.17) is 0 Å². The Labute approximate surface area is 168 Å². The molecule has 2 fully saturated rings. The van der Waals surface area contributed by atoms with Gasteiger partial charge in [-0.15, -0.1) is 0 Å². The third kappa shape index (κ3) is 4.23. The highest BCUT2D eigenvalue weighted by atomic mass is 19.1. The van der Waals surface area contributed by atoms with E-state index in [-0.39, 0.29) is 24.4 Å². The number of para-hydroxylation sites is 2. The molecule has 5 nitrogen and oxygen atoms in total. The second-order valence-corrected chi connectivity index (χ2v) is 7.62. The number of halogens is 2. The predicted octanol–water partition coefficient (Wildman–Crippen LogP) is 4.54. The molecule has 7 heteroatoms. The van der Waals surface area contributed by atoms with Crippen LogP contribution in [-0.2, 0) is 11.3 Å². The fourth-order valence-electron chi connectivity index (χ4n) is 3.79. The molecule has 29 heavy (non-hydrogen) atoms. The van der Waals surface area contributed by atoms with Crippen molar-refractivity contribution in [2.45, 2.75) is 32.2 Å². The molecule has 1 saturated carbocycles. The molecular weight excluding hydrogens is 376 g/mol. The number of carbonyl (C=O) groups excluding carboxylic acids is 2. The molecule has 2 aromatic carbocycles. The zero-order valence-corrected chi connectivity index (χ0v) is 16.0. The number of benzene rings is 2. The van der Waals surface area contributed by atoms with Crippen LogP contribution in [0.3, 0.4) is 0 Å². The Hall–Kier alpha value is -2.96. The third-order valence-electron chi connectivity index (χ3n) is 5.54. The van der Waals surface area contributed by atoms with Crippen LogP contribution < -0.4 is 10.2 Å². The van der Waals surface area contributed by atoms with Gasteiger partial charge >= 0.3 is 6.03 Å². The molecule has 0 unspecified atom stereocenters. The van der Waals surface area contributed by atoms with Crippen LogP contribution in [0.15, 0.2) is 42.5 Å². The van der Waals surface area contributed by atoms with Crippen molar-refractivity contribution in [3.05, 3.63) is 59.7 Å². The molecule has 1 aliphatic carbocycles. The highest BCUT2D eigenvalue weighted by Crippen LogP contribution is 2.32. The van der Waals surface area contributed by atoms with Crippen LogP contribution >= 0.6 is 0 Å². The van der Waals surface area contributed by atoms with E-state index in [2.05, 4.69) is 5.32 Å². The summed E-state index contributed by atoms with van der Waals surface area (Å²) in [7, 11) is 0. The summed E-state index contributed by atoms with van der Waals surface area (Å²) in [5.74, 6) is -1.30. The number of urea groups is 1. The maximum absolute atomic E-state index is 13.5. The van der Waals surface area contributed by atoms with Gasteiger partial charge in [0.15, 0.2) is 0 Å². The Bertz CT molecular complexity index is 910. The molecule has 2 aliphatic rings. The highest BCUT2D eigenvalue weighted by Gasteiger charge is 2.30. The minimum absolute atomic E-state index is 0.0137. The van der Waals surface area contributed by atoms with Crippen LogP contribution in [0.1, 0.15) is 31.2 Å². The Morgan fingerprint density at radius 3 is 2.45 bits per heavy atom. The Balaban J connectivity index is 1.52. The van der Waals surface area contributed by atoms with Gasteiger partial charge in [0.25, 0.3) is 0 Å². The summed E-state index contributed by atoms with van der Waals surface area (Å²) in [5, 5.41) is 2.96. The van der Waals surface area contributed by atoms with Crippen molar-refractivity contribution in [1.82, 2.24) is 4.90 Å². The van der Waals surface area contributed by atoms with Gasteiger partial charge in [0, 0.05) is 31.6 Å². The standard InChI is InChI=1S/C22H23F2N3O2/c23-17-11-15(12-18(24)13-17)14-26-9-4-10-27(22(26)29)20-8-2-1-7-19(20)25-21(28)16-5-3-6-16/h1-2,7-8,11-13,16H,3-6,9-10,14H2,(H,25,28). The number of anilines is 2. The molecular formula is C22H23F2N3O2. The van der Waals surface area contributed by atoms with Gasteiger partial charge in [0.1, 0.15) is 11.6 Å². The fraction of sp³-hybridized carbons (Fsp3) is 0.364. The SMILES string of the molecule is O=C(Nc1ccccc1N1CCCN(Cc2cc(F)cc(F)c2)C1=O)C1CCC1. The first kappa shape index (κ1) is 19.4. The average Bonchev–Trinajstić information content (AvgIpc) is 2.62. The van der Waals surface area contributed by atoms with Crippen molar-refractivity contribution in [2.24, 2.45) is 5.92 Å². The maximum Gasteiger partial charge on any atom is 0.324 e. The molecule has 4 rings (SSSR count). The minimum atomic E-state index is -0.662. The molecule has 1 saturated heterocycles. The summed E-state index contributed by atoms with van der Waals surface area (Å²) in [5.41, 5.74) is 1.65. The van der Waals surface area contributed by atoms with Crippen LogP contribution in [0, 0.1) is 17.6 Å². The number of carbonyl (C=O) groups is 2. The number of nitrogens with one attached hydrogen (secondary N) is 1. The molecule has 1 heterocycles. The second kappa shape index (κ2) is 8.19. The lowest BCUT2D eigenvalue weighted by molar-refractivity contribution is -0.122. The summed E-state index contributed by atoms with van der Waals surface area (Å²) >= 11 is 0. The lowest BCUT2D eigenvalue weighted by Gasteiger charge is -2.36. The molecule has 2 aromatic rings. The lowest BCUT2D eigenvalue weighted by atomic mass is 9.85. The van der Waals surface area contributed by atoms with Crippen LogP contribution in [0.2, 0.25) is 0 Å². The zero-order valence-electron chi connectivity index (χ0n) is 16.0. The monoisotopic (exact) mass is 399 g/mol. The van der Waals surface area contributed by atoms with Crippen molar-refractivity contribution < 1.29 is 18.4 Å². The van der Waals surface area contributed by atoms with Crippen molar-refractivity contribution in [1.29, 1.82) is 0 Å². The van der Waals surface area contributed by atoms with E-state index >= 15 is 0 Å². The lowest BCUT2D eigenvalue weighted by Crippen LogP contribution is -2.49. The van der Waals surface area contributed by atoms with Crippen molar-refractivity contribution >= 4 is 23.3 Å². The summed E-state index contributed by atoms with van der Waals surface area (Å²) in [6.07, 6.45) is 3.58. The van der Waals surface area contributed by atoms with Gasteiger partial charge in [-0.05, 0) is 49.1 Å². The van der Waals surface area contributed by atoms with Crippen LogP contribution in [0.25, 0.3) is 0 Å². The molecule has 1 aliphatic heterocycles. The van der Waals surface area contributed by atoms with Gasteiger partial charge in [-0.25, -0.2) is 13.6 Å². The number of hydrogen-bond acceptors (Lipinski definition) is 2. The summed E-state index contributed by atoms with van der Waals surface area (Å²) in [4.78, 5) is 28.7. The molecule has 152 valence electrons. The summed E-state index contributed by atoms with van der Waals surface area (Å²) in [6, 6.07) is 10.3. The van der Waals surface area contributed by atoms with Gasteiger partial charge in [-0.2, -0.15) is 0 Å². The summed E-state index contributed by atoms with van der Waals surface area (Å²) < 4.78 is 27.0. The minimum Gasteiger partial charge on any atom is -0.324 e. The molecule has 3 amide bonds. The fourth-order valence-corrected chi connectivity index (χ4v) is 3.79. The molecule has 0 bridgehead atoms. The Kier molecular flexibility index (Phi) is 5.47. The van der Waals surface area contributed by atoms with Gasteiger partial charge < -0.3 is 10.2 Å². The molecule has 0 radical (unpaired) electrons. The zero-order chi connectivity index (χ0) is 20.4. The summed E-state index contributed by atoms with van der Waals surface area (Å²) in [6.45, 7) is 1.15. The third-order valence-corrected chi connectivity index (χ3v) is 5.54. The van der Waals surface area contributed by atoms with E-state index in [0.717, 1.165) is 25.3 Å². The van der Waals surface area contributed by atoms with Crippen LogP contribution in [0.4, 0.5) is 25.0 Å². The van der Waals surface area contributed by atoms with E-state index in [1.165, 1.54) is 12.1 Å². The van der Waals surface area contributed by atoms with Gasteiger partial charge in [-0.3, -0.25) is 9.69 Å². The normalized spacial score (nSPS) is 17.2. The van der Waals surface area contributed by atoms with E-state index in [1.807, 2.05) is 12.1 Å². The maximum atomic E-state index is 13.5. The van der Waals surface area contributed by atoms with Gasteiger partial charge in [-0.1, -0.05) is 18.6 Å². The van der Waals surface area contributed by atoms with Crippen LogP contribution in [-0.4, -0.2) is 29.9 Å². The first-order valence-corrected chi connectivity index (χ1v) is 9.92. The largest absolute Gasteiger partial charge is 0.324 e. The topological polar surface area (TPSA) is 52.7 Å². The van der Waals surface area contributed by atoms with Gasteiger partial charge in [0.2, 0.25) is 5.91 Å². The molecule has 0 atom stereocenters. The van der Waals surface area contributed by atoms with E-state index in [1.54, 1.807) is 21.9 Å². The number of nitrogens with zero attached hydrogens (tertiary/aromatic N) is 2. The number of amides is 3. The average molecular weight is 399 g/mol. The van der Waals surface area contributed by atoms with Crippen molar-refractivity contribution in [3.63, 3.8) is 0 Å². The number of hydrogen-bond donors (Lipinski definition) is 1. The molecule has 0 spiro atoms. The van der Waals surface area contributed by atoms with Crippen molar-refractivity contribution in [3.8, 4) is 0 Å². The highest BCUT2D eigenvalue weighted by molar-refractivity contribution is 6.01. The molecule has 0 aromatic heterocycles. The van der Waals surface area contributed by atoms with E-state index < -0.39 is 11.6 Å². The first-order valence-electron chi connectivity index (χ1n) is 9.92. The molecule has 1 N–H and O–H groups in total. The van der Waals surface area contributed by atoms with E-state index in [9.17, 15) is 18.4 Å². The Morgan fingerprint density at radius 1 is 1.03 bits per heavy atom.